The molecule has 3 N–H and O–H groups in total. The van der Waals surface area contributed by atoms with Gasteiger partial charge in [-0.05, 0) is 17.7 Å². The molecule has 3 rings (SSSR count). The van der Waals surface area contributed by atoms with Gasteiger partial charge in [-0.3, -0.25) is 21.2 Å². The van der Waals surface area contributed by atoms with E-state index in [4.69, 9.17) is 5.84 Å². The molecule has 1 aromatic carbocycles. The summed E-state index contributed by atoms with van der Waals surface area (Å²) in [4.78, 5) is 12.9. The van der Waals surface area contributed by atoms with E-state index in [0.29, 0.717) is 6.42 Å². The average molecular weight is 268 g/mol. The summed E-state index contributed by atoms with van der Waals surface area (Å²) in [7, 11) is 1.97. The van der Waals surface area contributed by atoms with E-state index in [2.05, 4.69) is 20.4 Å². The first kappa shape index (κ1) is 12.7. The second-order valence-electron chi connectivity index (χ2n) is 4.68. The van der Waals surface area contributed by atoms with Gasteiger partial charge in [0, 0.05) is 38.3 Å². The van der Waals surface area contributed by atoms with E-state index < -0.39 is 0 Å². The van der Waals surface area contributed by atoms with Crippen molar-refractivity contribution in [2.75, 3.05) is 0 Å². The molecule has 20 heavy (non-hydrogen) atoms. The summed E-state index contributed by atoms with van der Waals surface area (Å²) < 4.78 is 1.99. The summed E-state index contributed by atoms with van der Waals surface area (Å²) in [5, 5.41) is 0. The second kappa shape index (κ2) is 5.36. The van der Waals surface area contributed by atoms with Crippen molar-refractivity contribution in [1.82, 2.24) is 24.9 Å². The molecular formula is C14H16N6. The molecule has 1 atom stereocenters. The van der Waals surface area contributed by atoms with Crippen molar-refractivity contribution in [2.24, 2.45) is 12.9 Å². The van der Waals surface area contributed by atoms with Crippen molar-refractivity contribution in [1.29, 1.82) is 0 Å². The number of nitrogens with two attached hydrogens (primary N) is 1. The molecule has 0 spiro atoms. The molecule has 0 aliphatic rings. The van der Waals surface area contributed by atoms with Crippen LogP contribution in [0, 0.1) is 0 Å². The first-order chi connectivity index (χ1) is 9.78. The Balaban J connectivity index is 1.92. The predicted octanol–water partition coefficient (Wildman–Crippen LogP) is 1.11. The normalized spacial score (nSPS) is 12.7. The van der Waals surface area contributed by atoms with E-state index >= 15 is 0 Å². The maximum absolute atomic E-state index is 5.69. The lowest BCUT2D eigenvalue weighted by Crippen LogP contribution is -2.30. The monoisotopic (exact) mass is 268 g/mol. The fraction of sp³-hybridized carbons (Fsp3) is 0.214. The lowest BCUT2D eigenvalue weighted by molar-refractivity contribution is 0.530. The minimum Gasteiger partial charge on any atom is -0.338 e. The highest BCUT2D eigenvalue weighted by Gasteiger charge is 2.14. The molecule has 0 aliphatic heterocycles. The first-order valence-electron chi connectivity index (χ1n) is 6.41. The number of benzene rings is 1. The highest BCUT2D eigenvalue weighted by Crippen LogP contribution is 2.20. The number of nitrogens with one attached hydrogen (secondary N) is 1. The Morgan fingerprint density at radius 1 is 1.15 bits per heavy atom. The van der Waals surface area contributed by atoms with Crippen LogP contribution in [0.5, 0.6) is 0 Å². The minimum atomic E-state index is -0.0116. The number of nitrogens with zero attached hydrogens (tertiary/aromatic N) is 4. The van der Waals surface area contributed by atoms with Gasteiger partial charge in [-0.2, -0.15) is 0 Å². The number of aromatic nitrogens is 4. The fourth-order valence-electron chi connectivity index (χ4n) is 2.25. The average Bonchev–Trinajstić information content (AvgIpc) is 2.89. The molecule has 0 radical (unpaired) electrons. The number of rotatable bonds is 4. The van der Waals surface area contributed by atoms with E-state index in [-0.39, 0.29) is 6.04 Å². The zero-order chi connectivity index (χ0) is 13.9. The van der Waals surface area contributed by atoms with Gasteiger partial charge in [0.05, 0.1) is 17.1 Å². The molecule has 0 saturated heterocycles. The van der Waals surface area contributed by atoms with Crippen LogP contribution in [0.4, 0.5) is 0 Å². The van der Waals surface area contributed by atoms with Gasteiger partial charge in [0.1, 0.15) is 5.82 Å². The molecule has 0 saturated carbocycles. The molecule has 3 aromatic rings. The maximum atomic E-state index is 5.69. The zero-order valence-electron chi connectivity index (χ0n) is 11.2. The molecule has 6 nitrogen and oxygen atoms in total. The Hall–Kier alpha value is -2.31. The van der Waals surface area contributed by atoms with Crippen LogP contribution in [0.25, 0.3) is 11.0 Å². The van der Waals surface area contributed by atoms with Crippen molar-refractivity contribution in [2.45, 2.75) is 12.5 Å². The number of hydrazine groups is 1. The molecule has 0 amide bonds. The van der Waals surface area contributed by atoms with Crippen molar-refractivity contribution >= 4 is 11.0 Å². The van der Waals surface area contributed by atoms with Gasteiger partial charge in [-0.15, -0.1) is 0 Å². The van der Waals surface area contributed by atoms with Crippen LogP contribution in [-0.2, 0) is 13.5 Å². The minimum absolute atomic E-state index is 0.0116. The quantitative estimate of drug-likeness (QED) is 0.547. The number of hydrogen-bond acceptors (Lipinski definition) is 5. The Morgan fingerprint density at radius 3 is 2.65 bits per heavy atom. The van der Waals surface area contributed by atoms with Crippen molar-refractivity contribution in [3.8, 4) is 0 Å². The standard InChI is InChI=1S/C14H16N6/c1-20-7-6-18-14(20)9-12(19-15)10-2-3-11-13(8-10)17-5-4-16-11/h2-8,12,19H,9,15H2,1H3. The third kappa shape index (κ3) is 2.38. The summed E-state index contributed by atoms with van der Waals surface area (Å²) in [6.07, 6.45) is 7.81. The van der Waals surface area contributed by atoms with Crippen LogP contribution in [0.3, 0.4) is 0 Å². The molecule has 2 aromatic heterocycles. The van der Waals surface area contributed by atoms with Crippen LogP contribution in [0.2, 0.25) is 0 Å². The van der Waals surface area contributed by atoms with E-state index in [1.165, 1.54) is 0 Å². The summed E-state index contributed by atoms with van der Waals surface area (Å²) in [6, 6.07) is 5.98. The molecule has 0 fully saturated rings. The summed E-state index contributed by atoms with van der Waals surface area (Å²) in [5.74, 6) is 6.67. The SMILES string of the molecule is Cn1ccnc1CC(NN)c1ccc2nccnc2c1. The smallest absolute Gasteiger partial charge is 0.110 e. The molecule has 1 unspecified atom stereocenters. The van der Waals surface area contributed by atoms with Gasteiger partial charge in [0.2, 0.25) is 0 Å². The molecule has 102 valence electrons. The lowest BCUT2D eigenvalue weighted by atomic mass is 10.0. The highest BCUT2D eigenvalue weighted by molar-refractivity contribution is 5.74. The molecule has 0 aliphatic carbocycles. The first-order valence-corrected chi connectivity index (χ1v) is 6.41. The van der Waals surface area contributed by atoms with Crippen molar-refractivity contribution in [3.63, 3.8) is 0 Å². The highest BCUT2D eigenvalue weighted by atomic mass is 15.2. The van der Waals surface area contributed by atoms with E-state index in [9.17, 15) is 0 Å². The van der Waals surface area contributed by atoms with Crippen molar-refractivity contribution < 1.29 is 0 Å². The third-order valence-corrected chi connectivity index (χ3v) is 3.40. The Bertz CT molecular complexity index is 720. The maximum Gasteiger partial charge on any atom is 0.110 e. The Kier molecular flexibility index (Phi) is 3.41. The second-order valence-corrected chi connectivity index (χ2v) is 4.68. The topological polar surface area (TPSA) is 81.7 Å². The Morgan fingerprint density at radius 2 is 1.95 bits per heavy atom. The Labute approximate surface area is 116 Å². The zero-order valence-corrected chi connectivity index (χ0v) is 11.2. The van der Waals surface area contributed by atoms with Gasteiger partial charge in [-0.1, -0.05) is 6.07 Å². The molecule has 6 heteroatoms. The van der Waals surface area contributed by atoms with Gasteiger partial charge in [0.25, 0.3) is 0 Å². The van der Waals surface area contributed by atoms with Crippen LogP contribution in [0.1, 0.15) is 17.4 Å². The molecule has 2 heterocycles. The summed E-state index contributed by atoms with van der Waals surface area (Å²) in [6.45, 7) is 0. The van der Waals surface area contributed by atoms with E-state index in [0.717, 1.165) is 22.4 Å². The summed E-state index contributed by atoms with van der Waals surface area (Å²) >= 11 is 0. The predicted molar refractivity (Wildman–Crippen MR) is 76.5 cm³/mol. The van der Waals surface area contributed by atoms with E-state index in [1.54, 1.807) is 18.6 Å². The lowest BCUT2D eigenvalue weighted by Gasteiger charge is -2.16. The summed E-state index contributed by atoms with van der Waals surface area (Å²) in [5.41, 5.74) is 5.66. The number of aryl methyl sites for hydroxylation is 1. The van der Waals surface area contributed by atoms with Gasteiger partial charge < -0.3 is 4.57 Å². The van der Waals surface area contributed by atoms with Crippen molar-refractivity contribution in [3.05, 3.63) is 54.4 Å². The largest absolute Gasteiger partial charge is 0.338 e. The van der Waals surface area contributed by atoms with Crippen LogP contribution in [0.15, 0.2) is 43.0 Å². The molecule has 0 bridgehead atoms. The number of fused-ring (bicyclic) bond motifs is 1. The van der Waals surface area contributed by atoms with Crippen LogP contribution in [-0.4, -0.2) is 19.5 Å². The molecular weight excluding hydrogens is 252 g/mol. The number of imidazole rings is 1. The van der Waals surface area contributed by atoms with Gasteiger partial charge >= 0.3 is 0 Å². The van der Waals surface area contributed by atoms with Gasteiger partial charge in [-0.25, -0.2) is 4.98 Å². The van der Waals surface area contributed by atoms with Gasteiger partial charge in [0.15, 0.2) is 0 Å². The van der Waals surface area contributed by atoms with E-state index in [1.807, 2.05) is 36.0 Å². The van der Waals surface area contributed by atoms with Crippen LogP contribution >= 0.6 is 0 Å². The fourth-order valence-corrected chi connectivity index (χ4v) is 2.25. The van der Waals surface area contributed by atoms with Crippen LogP contribution < -0.4 is 11.3 Å². The third-order valence-electron chi connectivity index (χ3n) is 3.40. The number of hydrogen-bond donors (Lipinski definition) is 2.